The molecule has 0 spiro atoms. The molecule has 2 atom stereocenters. The van der Waals surface area contributed by atoms with Crippen LogP contribution in [0.15, 0.2) is 12.1 Å². The molecule has 1 rings (SSSR count). The molecule has 3 nitrogen and oxygen atoms in total. The topological polar surface area (TPSA) is 63.3 Å². The van der Waals surface area contributed by atoms with Gasteiger partial charge in [0, 0.05) is 0 Å². The lowest BCUT2D eigenvalue weighted by Crippen LogP contribution is -2.46. The zero-order chi connectivity index (χ0) is 16.9. The predicted octanol–water partition coefficient (Wildman–Crippen LogP) is 4.15. The first-order chi connectivity index (χ1) is 10.2. The molecule has 0 aromatic heterocycles. The van der Waals surface area contributed by atoms with E-state index in [-0.39, 0.29) is 0 Å². The fraction of sp³-hybridized carbons (Fsp3) is 0.632. The van der Waals surface area contributed by atoms with E-state index in [9.17, 15) is 4.79 Å². The smallest absolute Gasteiger partial charge is 0.323 e. The molecule has 0 bridgehead atoms. The highest BCUT2D eigenvalue weighted by Gasteiger charge is 2.30. The molecule has 0 fully saturated rings. The number of aliphatic carboxylic acids is 1. The van der Waals surface area contributed by atoms with Crippen LogP contribution in [0.25, 0.3) is 0 Å². The summed E-state index contributed by atoms with van der Waals surface area (Å²) in [6, 6.07) is 4.49. The van der Waals surface area contributed by atoms with Gasteiger partial charge in [-0.05, 0) is 69.6 Å². The number of carboxylic acids is 1. The van der Waals surface area contributed by atoms with Gasteiger partial charge in [0.15, 0.2) is 0 Å². The zero-order valence-corrected chi connectivity index (χ0v) is 14.7. The third-order valence-electron chi connectivity index (χ3n) is 4.76. The van der Waals surface area contributed by atoms with Crippen molar-refractivity contribution < 1.29 is 9.90 Å². The van der Waals surface area contributed by atoms with E-state index < -0.39 is 11.5 Å². The minimum atomic E-state index is -1.11. The molecule has 0 saturated heterocycles. The molecule has 0 saturated carbocycles. The first kappa shape index (κ1) is 18.7. The molecule has 3 heteroatoms. The molecule has 2 unspecified atom stereocenters. The number of hydrogen-bond donors (Lipinski definition) is 2. The highest BCUT2D eigenvalue weighted by molar-refractivity contribution is 5.77. The quantitative estimate of drug-likeness (QED) is 0.758. The van der Waals surface area contributed by atoms with Crippen LogP contribution in [-0.2, 0) is 11.2 Å². The Balaban J connectivity index is 2.60. The highest BCUT2D eigenvalue weighted by Crippen LogP contribution is 2.24. The van der Waals surface area contributed by atoms with Crippen LogP contribution in [-0.4, -0.2) is 16.6 Å². The second-order valence-corrected chi connectivity index (χ2v) is 6.96. The van der Waals surface area contributed by atoms with E-state index in [0.717, 1.165) is 25.7 Å². The lowest BCUT2D eigenvalue weighted by molar-refractivity contribution is -0.143. The number of aryl methyl sites for hydroxylation is 3. The molecule has 0 aliphatic heterocycles. The molecule has 124 valence electrons. The van der Waals surface area contributed by atoms with Crippen molar-refractivity contribution in [3.05, 3.63) is 34.4 Å². The van der Waals surface area contributed by atoms with Crippen molar-refractivity contribution in [2.75, 3.05) is 0 Å². The Morgan fingerprint density at radius 1 is 1.32 bits per heavy atom. The number of rotatable bonds is 8. The Morgan fingerprint density at radius 2 is 1.95 bits per heavy atom. The molecule has 0 amide bonds. The summed E-state index contributed by atoms with van der Waals surface area (Å²) in [6.45, 7) is 10.2. The Labute approximate surface area is 134 Å². The zero-order valence-electron chi connectivity index (χ0n) is 14.7. The van der Waals surface area contributed by atoms with Gasteiger partial charge in [0.2, 0.25) is 0 Å². The van der Waals surface area contributed by atoms with Crippen LogP contribution < -0.4 is 5.73 Å². The van der Waals surface area contributed by atoms with Crippen LogP contribution in [0.4, 0.5) is 0 Å². The molecule has 0 aliphatic carbocycles. The number of hydrogen-bond acceptors (Lipinski definition) is 2. The maximum atomic E-state index is 11.2. The summed E-state index contributed by atoms with van der Waals surface area (Å²) in [4.78, 5) is 11.2. The number of benzene rings is 1. The van der Waals surface area contributed by atoms with Gasteiger partial charge in [-0.2, -0.15) is 0 Å². The van der Waals surface area contributed by atoms with Crippen molar-refractivity contribution in [1.29, 1.82) is 0 Å². The number of carboxylic acid groups (broad SMARTS) is 1. The second-order valence-electron chi connectivity index (χ2n) is 6.96. The fourth-order valence-electron chi connectivity index (χ4n) is 3.11. The van der Waals surface area contributed by atoms with E-state index in [1.54, 1.807) is 6.92 Å². The van der Waals surface area contributed by atoms with Crippen LogP contribution in [0.2, 0.25) is 0 Å². The van der Waals surface area contributed by atoms with Gasteiger partial charge in [0.25, 0.3) is 0 Å². The average Bonchev–Trinajstić information content (AvgIpc) is 2.42. The van der Waals surface area contributed by atoms with Crippen LogP contribution in [0.3, 0.4) is 0 Å². The fourth-order valence-corrected chi connectivity index (χ4v) is 3.11. The number of nitrogens with two attached hydrogens (primary N) is 1. The van der Waals surface area contributed by atoms with Crippen molar-refractivity contribution in [1.82, 2.24) is 0 Å². The van der Waals surface area contributed by atoms with Gasteiger partial charge in [-0.25, -0.2) is 0 Å². The minimum absolute atomic E-state index is 0.373. The normalized spacial score (nSPS) is 15.4. The summed E-state index contributed by atoms with van der Waals surface area (Å²) in [5.41, 5.74) is 10.2. The summed E-state index contributed by atoms with van der Waals surface area (Å²) in [5, 5.41) is 9.16. The third-order valence-corrected chi connectivity index (χ3v) is 4.76. The largest absolute Gasteiger partial charge is 0.480 e. The van der Waals surface area contributed by atoms with Crippen LogP contribution in [0, 0.1) is 26.7 Å². The molecular formula is C19H31NO2. The Bertz CT molecular complexity index is 520. The average molecular weight is 305 g/mol. The van der Waals surface area contributed by atoms with Crippen LogP contribution in [0.5, 0.6) is 0 Å². The lowest BCUT2D eigenvalue weighted by atomic mass is 9.84. The Kier molecular flexibility index (Phi) is 6.61. The number of carbonyl (C=O) groups is 1. The van der Waals surface area contributed by atoms with Crippen molar-refractivity contribution in [3.8, 4) is 0 Å². The molecule has 0 radical (unpaired) electrons. The van der Waals surface area contributed by atoms with Gasteiger partial charge >= 0.3 is 5.97 Å². The summed E-state index contributed by atoms with van der Waals surface area (Å²) in [7, 11) is 0. The van der Waals surface area contributed by atoms with Gasteiger partial charge in [-0.15, -0.1) is 0 Å². The first-order valence-electron chi connectivity index (χ1n) is 8.26. The van der Waals surface area contributed by atoms with E-state index in [2.05, 4.69) is 39.8 Å². The first-order valence-corrected chi connectivity index (χ1v) is 8.26. The van der Waals surface area contributed by atoms with Crippen molar-refractivity contribution >= 4 is 5.97 Å². The summed E-state index contributed by atoms with van der Waals surface area (Å²) in [6.07, 6.45) is 4.69. The maximum Gasteiger partial charge on any atom is 0.323 e. The maximum absolute atomic E-state index is 11.2. The standard InChI is InChI=1S/C19H31NO2/c1-6-16(12-19(5,20)18(21)22)8-7-9-17-11-13(2)10-14(3)15(17)4/h10-11,16H,6-9,12,20H2,1-5H3,(H,21,22). The Hall–Kier alpha value is -1.35. The van der Waals surface area contributed by atoms with E-state index in [1.807, 2.05) is 0 Å². The summed E-state index contributed by atoms with van der Waals surface area (Å²) >= 11 is 0. The van der Waals surface area contributed by atoms with Crippen molar-refractivity contribution in [3.63, 3.8) is 0 Å². The van der Waals surface area contributed by atoms with E-state index >= 15 is 0 Å². The van der Waals surface area contributed by atoms with Crippen molar-refractivity contribution in [2.45, 2.75) is 72.3 Å². The van der Waals surface area contributed by atoms with Crippen LogP contribution >= 0.6 is 0 Å². The van der Waals surface area contributed by atoms with Gasteiger partial charge in [-0.1, -0.05) is 37.5 Å². The van der Waals surface area contributed by atoms with E-state index in [4.69, 9.17) is 10.8 Å². The molecule has 0 heterocycles. The van der Waals surface area contributed by atoms with Gasteiger partial charge in [0.05, 0.1) is 0 Å². The summed E-state index contributed by atoms with van der Waals surface area (Å²) in [5.74, 6) is -0.534. The molecule has 0 aliphatic rings. The third kappa shape index (κ3) is 5.13. The molecular weight excluding hydrogens is 274 g/mol. The second kappa shape index (κ2) is 7.77. The van der Waals surface area contributed by atoms with Crippen LogP contribution in [0.1, 0.15) is 61.8 Å². The minimum Gasteiger partial charge on any atom is -0.480 e. The van der Waals surface area contributed by atoms with E-state index in [0.29, 0.717) is 12.3 Å². The predicted molar refractivity (Wildman–Crippen MR) is 92.2 cm³/mol. The van der Waals surface area contributed by atoms with Gasteiger partial charge in [0.1, 0.15) is 5.54 Å². The monoisotopic (exact) mass is 305 g/mol. The molecule has 1 aromatic carbocycles. The Morgan fingerprint density at radius 3 is 2.50 bits per heavy atom. The lowest BCUT2D eigenvalue weighted by Gasteiger charge is -2.25. The van der Waals surface area contributed by atoms with Gasteiger partial charge < -0.3 is 10.8 Å². The van der Waals surface area contributed by atoms with Crippen molar-refractivity contribution in [2.24, 2.45) is 11.7 Å². The molecule has 3 N–H and O–H groups in total. The highest BCUT2D eigenvalue weighted by atomic mass is 16.4. The molecule has 22 heavy (non-hydrogen) atoms. The van der Waals surface area contributed by atoms with Gasteiger partial charge in [-0.3, -0.25) is 4.79 Å². The van der Waals surface area contributed by atoms with E-state index in [1.165, 1.54) is 22.3 Å². The molecule has 1 aromatic rings. The SMILES string of the molecule is CCC(CCCc1cc(C)cc(C)c1C)CC(C)(N)C(=O)O. The summed E-state index contributed by atoms with van der Waals surface area (Å²) < 4.78 is 0.